The van der Waals surface area contributed by atoms with Gasteiger partial charge in [-0.3, -0.25) is 9.78 Å². The van der Waals surface area contributed by atoms with Gasteiger partial charge in [0.15, 0.2) is 5.13 Å². The van der Waals surface area contributed by atoms with Gasteiger partial charge >= 0.3 is 0 Å². The zero-order valence-electron chi connectivity index (χ0n) is 11.4. The van der Waals surface area contributed by atoms with Crippen LogP contribution in [0.3, 0.4) is 0 Å². The summed E-state index contributed by atoms with van der Waals surface area (Å²) in [6, 6.07) is 1.91. The van der Waals surface area contributed by atoms with Crippen LogP contribution in [0, 0.1) is 6.92 Å². The fourth-order valence-corrected chi connectivity index (χ4v) is 2.53. The van der Waals surface area contributed by atoms with Crippen molar-refractivity contribution in [2.45, 2.75) is 20.4 Å². The molecule has 20 heavy (non-hydrogen) atoms. The Morgan fingerprint density at radius 2 is 2.30 bits per heavy atom. The number of hydrogen-bond acceptors (Lipinski definition) is 6. The lowest BCUT2D eigenvalue weighted by Gasteiger charge is -2.06. The molecule has 7 heteroatoms. The van der Waals surface area contributed by atoms with Gasteiger partial charge in [0.25, 0.3) is 5.91 Å². The number of carbonyl (C=O) groups is 1. The van der Waals surface area contributed by atoms with Gasteiger partial charge in [0.1, 0.15) is 10.7 Å². The van der Waals surface area contributed by atoms with Crippen molar-refractivity contribution in [3.05, 3.63) is 34.5 Å². The van der Waals surface area contributed by atoms with E-state index < -0.39 is 0 Å². The number of thiazole rings is 1. The van der Waals surface area contributed by atoms with Gasteiger partial charge < -0.3 is 16.4 Å². The number of rotatable bonds is 5. The summed E-state index contributed by atoms with van der Waals surface area (Å²) in [6.07, 6.45) is 3.47. The zero-order chi connectivity index (χ0) is 14.5. The molecule has 0 saturated heterocycles. The van der Waals surface area contributed by atoms with Crippen molar-refractivity contribution in [2.75, 3.05) is 17.6 Å². The average molecular weight is 291 g/mol. The number of carbonyl (C=O) groups excluding carboxylic acids is 1. The number of nitrogen functional groups attached to an aromatic ring is 1. The maximum atomic E-state index is 12.1. The van der Waals surface area contributed by atoms with E-state index in [1.807, 2.05) is 19.9 Å². The quantitative estimate of drug-likeness (QED) is 0.781. The Morgan fingerprint density at radius 3 is 3.00 bits per heavy atom. The molecule has 2 aromatic heterocycles. The third kappa shape index (κ3) is 3.24. The van der Waals surface area contributed by atoms with Gasteiger partial charge in [-0.1, -0.05) is 11.3 Å². The van der Waals surface area contributed by atoms with Gasteiger partial charge in [0, 0.05) is 25.5 Å². The summed E-state index contributed by atoms with van der Waals surface area (Å²) in [6.45, 7) is 5.10. The Morgan fingerprint density at radius 1 is 1.50 bits per heavy atom. The lowest BCUT2D eigenvalue weighted by molar-refractivity contribution is 0.0955. The summed E-state index contributed by atoms with van der Waals surface area (Å²) < 4.78 is 0. The van der Waals surface area contributed by atoms with Crippen molar-refractivity contribution < 1.29 is 4.79 Å². The molecule has 2 heterocycles. The van der Waals surface area contributed by atoms with E-state index in [0.29, 0.717) is 16.6 Å². The molecule has 0 radical (unpaired) electrons. The Balaban J connectivity index is 2.03. The molecule has 0 aliphatic rings. The van der Waals surface area contributed by atoms with E-state index in [4.69, 9.17) is 5.73 Å². The number of aryl methyl sites for hydroxylation is 1. The Labute approximate surface area is 121 Å². The molecule has 0 aromatic carbocycles. The molecule has 0 unspecified atom stereocenters. The van der Waals surface area contributed by atoms with Crippen molar-refractivity contribution in [3.63, 3.8) is 0 Å². The Bertz CT molecular complexity index is 611. The monoisotopic (exact) mass is 291 g/mol. The summed E-state index contributed by atoms with van der Waals surface area (Å²) in [5.74, 6) is 0.0405. The molecule has 0 atom stereocenters. The highest BCUT2D eigenvalue weighted by molar-refractivity contribution is 7.18. The third-order valence-electron chi connectivity index (χ3n) is 2.77. The normalized spacial score (nSPS) is 10.3. The van der Waals surface area contributed by atoms with Gasteiger partial charge in [-0.15, -0.1) is 0 Å². The van der Waals surface area contributed by atoms with Crippen molar-refractivity contribution in [1.29, 1.82) is 0 Å². The summed E-state index contributed by atoms with van der Waals surface area (Å²) >= 11 is 1.26. The summed E-state index contributed by atoms with van der Waals surface area (Å²) in [4.78, 5) is 20.7. The van der Waals surface area contributed by atoms with E-state index in [0.717, 1.165) is 17.7 Å². The molecule has 0 aliphatic carbocycles. The minimum Gasteiger partial charge on any atom is -0.382 e. The van der Waals surface area contributed by atoms with Crippen LogP contribution in [0.15, 0.2) is 18.5 Å². The van der Waals surface area contributed by atoms with E-state index in [9.17, 15) is 4.79 Å². The third-order valence-corrected chi connectivity index (χ3v) is 3.80. The van der Waals surface area contributed by atoms with E-state index in [-0.39, 0.29) is 11.7 Å². The van der Waals surface area contributed by atoms with E-state index >= 15 is 0 Å². The standard InChI is InChI=1S/C13H17N5OS/c1-3-16-13-18-11(14)10(20-13)12(19)17-7-9-6-15-5-4-8(9)2/h4-6H,3,7,14H2,1-2H3,(H,16,18)(H,17,19). The van der Waals surface area contributed by atoms with Crippen LogP contribution in [0.1, 0.15) is 27.7 Å². The van der Waals surface area contributed by atoms with Crippen LogP contribution < -0.4 is 16.4 Å². The van der Waals surface area contributed by atoms with Gasteiger partial charge in [-0.25, -0.2) is 4.98 Å². The molecule has 0 spiro atoms. The lowest BCUT2D eigenvalue weighted by atomic mass is 10.1. The molecule has 106 valence electrons. The van der Waals surface area contributed by atoms with Gasteiger partial charge in [-0.05, 0) is 31.0 Å². The van der Waals surface area contributed by atoms with Gasteiger partial charge in [-0.2, -0.15) is 0 Å². The van der Waals surface area contributed by atoms with Crippen LogP contribution in [0.2, 0.25) is 0 Å². The highest BCUT2D eigenvalue weighted by Gasteiger charge is 2.15. The number of anilines is 2. The molecule has 0 fully saturated rings. The SMILES string of the molecule is CCNc1nc(N)c(C(=O)NCc2cnccc2C)s1. The Hall–Kier alpha value is -2.15. The largest absolute Gasteiger partial charge is 0.382 e. The number of amides is 1. The first-order chi connectivity index (χ1) is 9.61. The van der Waals surface area contributed by atoms with E-state index in [1.54, 1.807) is 12.4 Å². The predicted octanol–water partition coefficient (Wildman–Crippen LogP) is 1.79. The molecule has 6 nitrogen and oxygen atoms in total. The van der Waals surface area contributed by atoms with E-state index in [2.05, 4.69) is 20.6 Å². The number of pyridine rings is 1. The first-order valence-corrected chi connectivity index (χ1v) is 7.11. The first kappa shape index (κ1) is 14.3. The molecular formula is C13H17N5OS. The number of hydrogen-bond donors (Lipinski definition) is 3. The summed E-state index contributed by atoms with van der Waals surface area (Å²) in [7, 11) is 0. The maximum absolute atomic E-state index is 12.1. The summed E-state index contributed by atoms with van der Waals surface area (Å²) in [5.41, 5.74) is 7.83. The van der Waals surface area contributed by atoms with Crippen LogP contribution in [0.4, 0.5) is 10.9 Å². The van der Waals surface area contributed by atoms with Crippen LogP contribution >= 0.6 is 11.3 Å². The minimum absolute atomic E-state index is 0.215. The van der Waals surface area contributed by atoms with Crippen molar-refractivity contribution in [3.8, 4) is 0 Å². The minimum atomic E-state index is -0.215. The van der Waals surface area contributed by atoms with Gasteiger partial charge in [0.05, 0.1) is 0 Å². The van der Waals surface area contributed by atoms with Crippen molar-refractivity contribution >= 4 is 28.2 Å². The van der Waals surface area contributed by atoms with Crippen LogP contribution in [-0.2, 0) is 6.54 Å². The number of aromatic nitrogens is 2. The molecule has 0 saturated carbocycles. The average Bonchev–Trinajstić information content (AvgIpc) is 2.79. The van der Waals surface area contributed by atoms with Crippen LogP contribution in [0.5, 0.6) is 0 Å². The maximum Gasteiger partial charge on any atom is 0.265 e. The molecular weight excluding hydrogens is 274 g/mol. The number of nitrogens with one attached hydrogen (secondary N) is 2. The van der Waals surface area contributed by atoms with E-state index in [1.165, 1.54) is 11.3 Å². The zero-order valence-corrected chi connectivity index (χ0v) is 12.3. The fourth-order valence-electron chi connectivity index (χ4n) is 1.66. The molecule has 0 bridgehead atoms. The second-order valence-electron chi connectivity index (χ2n) is 4.25. The molecule has 0 aliphatic heterocycles. The number of nitrogens with two attached hydrogens (primary N) is 1. The molecule has 4 N–H and O–H groups in total. The fraction of sp³-hybridized carbons (Fsp3) is 0.308. The first-order valence-electron chi connectivity index (χ1n) is 6.29. The van der Waals surface area contributed by atoms with Crippen molar-refractivity contribution in [2.24, 2.45) is 0 Å². The van der Waals surface area contributed by atoms with Gasteiger partial charge in [0.2, 0.25) is 0 Å². The van der Waals surface area contributed by atoms with Crippen molar-refractivity contribution in [1.82, 2.24) is 15.3 Å². The molecule has 2 rings (SSSR count). The highest BCUT2D eigenvalue weighted by atomic mass is 32.1. The lowest BCUT2D eigenvalue weighted by Crippen LogP contribution is -2.23. The topological polar surface area (TPSA) is 92.9 Å². The smallest absolute Gasteiger partial charge is 0.265 e. The molecule has 1 amide bonds. The highest BCUT2D eigenvalue weighted by Crippen LogP contribution is 2.24. The second-order valence-corrected chi connectivity index (χ2v) is 5.25. The molecule has 2 aromatic rings. The number of nitrogens with zero attached hydrogens (tertiary/aromatic N) is 2. The van der Waals surface area contributed by atoms with Crippen LogP contribution in [-0.4, -0.2) is 22.4 Å². The second kappa shape index (κ2) is 6.33. The van der Waals surface area contributed by atoms with Crippen LogP contribution in [0.25, 0.3) is 0 Å². The summed E-state index contributed by atoms with van der Waals surface area (Å²) in [5, 5.41) is 6.54. The Kier molecular flexibility index (Phi) is 4.52. The predicted molar refractivity (Wildman–Crippen MR) is 80.8 cm³/mol.